The van der Waals surface area contributed by atoms with Gasteiger partial charge in [-0.25, -0.2) is 0 Å². The summed E-state index contributed by atoms with van der Waals surface area (Å²) in [5.41, 5.74) is 13.7. The van der Waals surface area contributed by atoms with E-state index in [1.54, 1.807) is 22.0 Å². The quantitative estimate of drug-likeness (QED) is 0.128. The second-order valence-electron chi connectivity index (χ2n) is 33.7. The zero-order valence-electron chi connectivity index (χ0n) is 57.5. The molecule has 5 fully saturated rings. The molecule has 4 atom stereocenters. The first kappa shape index (κ1) is 62.0. The number of anilines is 2. The standard InChI is InChI=1S/C72H108N6O2P2Si4/c1-47(2)57-37-31-38-58(48(3)4)63(57)73-61-53-41-43-55(45-53)65(61)81(75(69(9,10)11)83(21,22)76(81)70(12,13)14)67(51-33-27-25-28-34-51)85(73)79-86(80-85)68(52-35-29-26-30-36-52)82(77(71(15,16)17)84(23,24)78(82)72(18,19)20)66-56-44-42-54(46-56)62(66)74(86)64-59(49(5)6)39-32-40-60(64)50(7)8/h25-40,47-50,53-56H,41-46H2,1-24H3/t53-,54-,55+,56+,85?,86?/m0/s1. The lowest BCUT2D eigenvalue weighted by Gasteiger charge is -2.79. The van der Waals surface area contributed by atoms with Crippen molar-refractivity contribution in [3.63, 3.8) is 0 Å². The van der Waals surface area contributed by atoms with Gasteiger partial charge < -0.3 is 17.4 Å². The third-order valence-electron chi connectivity index (χ3n) is 21.5. The van der Waals surface area contributed by atoms with Crippen molar-refractivity contribution in [3.8, 4) is 0 Å². The summed E-state index contributed by atoms with van der Waals surface area (Å²) in [6, 6.07) is 38.8. The Balaban J connectivity index is 1.31. The Morgan fingerprint density at radius 3 is 0.907 bits per heavy atom. The average Bonchev–Trinajstić information content (AvgIpc) is 0.969. The second-order valence-corrected chi connectivity index (χ2v) is 55.6. The molecule has 4 aromatic carbocycles. The molecule has 3 saturated heterocycles. The molecule has 4 bridgehead atoms. The van der Waals surface area contributed by atoms with E-state index in [2.05, 4.69) is 288 Å². The molecule has 9 aliphatic rings. The monoisotopic (exact) mass is 1260 g/mol. The Morgan fingerprint density at radius 2 is 0.651 bits per heavy atom. The number of hydrogen-bond donors (Lipinski definition) is 0. The molecule has 4 spiro atoms. The summed E-state index contributed by atoms with van der Waals surface area (Å²) in [7, 11) is -18.5. The van der Waals surface area contributed by atoms with E-state index < -0.39 is 48.6 Å². The fourth-order valence-corrected chi connectivity index (χ4v) is 70.7. The molecule has 0 N–H and O–H groups in total. The van der Waals surface area contributed by atoms with Crippen molar-refractivity contribution in [1.82, 2.24) is 17.3 Å². The van der Waals surface area contributed by atoms with Crippen LogP contribution in [0, 0.1) is 23.7 Å². The van der Waals surface area contributed by atoms with E-state index in [4.69, 9.17) is 0 Å². The molecule has 8 nitrogen and oxygen atoms in total. The van der Waals surface area contributed by atoms with Crippen LogP contribution in [0.25, 0.3) is 0 Å². The molecule has 14 heteroatoms. The smallest absolute Gasteiger partial charge is 0.375 e. The number of benzene rings is 4. The molecule has 0 unspecified atom stereocenters. The molecule has 0 aromatic heterocycles. The van der Waals surface area contributed by atoms with Crippen LogP contribution in [-0.4, -0.2) is 83.6 Å². The van der Waals surface area contributed by atoms with Crippen molar-refractivity contribution in [2.45, 2.75) is 249 Å². The summed E-state index contributed by atoms with van der Waals surface area (Å²) < 4.78 is 39.2. The minimum absolute atomic E-state index is 0.151. The van der Waals surface area contributed by atoms with Crippen LogP contribution in [0.3, 0.4) is 0 Å². The minimum Gasteiger partial charge on any atom is -0.375 e. The van der Waals surface area contributed by atoms with Gasteiger partial charge in [-0.1, -0.05) is 152 Å². The molecule has 86 heavy (non-hydrogen) atoms. The van der Waals surface area contributed by atoms with Gasteiger partial charge in [-0.05, 0) is 229 Å². The lowest BCUT2D eigenvalue weighted by Crippen LogP contribution is -2.92. The molecular weight excluding hydrogens is 1160 g/mol. The van der Waals surface area contributed by atoms with Crippen LogP contribution in [0.5, 0.6) is 0 Å². The molecule has 464 valence electrons. The number of fused-ring (bicyclic) bond motifs is 10. The highest BCUT2D eigenvalue weighted by molar-refractivity contribution is 7.88. The highest BCUT2D eigenvalue weighted by Crippen LogP contribution is 2.88. The van der Waals surface area contributed by atoms with Crippen LogP contribution in [0.4, 0.5) is 11.4 Å². The molecular formula is C72H108N6O2P2Si4. The Bertz CT molecular complexity index is 3280. The van der Waals surface area contributed by atoms with Gasteiger partial charge in [-0.2, -0.15) is 0 Å². The van der Waals surface area contributed by atoms with Gasteiger partial charge in [0, 0.05) is 79.8 Å². The summed E-state index contributed by atoms with van der Waals surface area (Å²) in [5, 5.41) is 3.55. The molecule has 4 aliphatic carbocycles. The van der Waals surface area contributed by atoms with Gasteiger partial charge in [0.1, 0.15) is 0 Å². The Hall–Kier alpha value is -2.81. The molecule has 0 radical (unpaired) electrons. The minimum atomic E-state index is -4.09. The van der Waals surface area contributed by atoms with E-state index in [1.165, 1.54) is 93.1 Å². The summed E-state index contributed by atoms with van der Waals surface area (Å²) in [4.78, 5) is 3.05. The van der Waals surface area contributed by atoms with E-state index in [-0.39, 0.29) is 45.8 Å². The number of nitrogens with zero attached hydrogens (tertiary/aromatic N) is 6. The number of para-hydroxylation sites is 2. The van der Waals surface area contributed by atoms with E-state index in [0.717, 1.165) is 0 Å². The fraction of sp³-hybridized carbons (Fsp3) is 0.583. The predicted octanol–water partition coefficient (Wildman–Crippen LogP) is 19.8. The predicted molar refractivity (Wildman–Crippen MR) is 380 cm³/mol. The Morgan fingerprint density at radius 1 is 0.384 bits per heavy atom. The molecule has 13 rings (SSSR count). The van der Waals surface area contributed by atoms with Crippen LogP contribution in [-0.2, 0) is 8.23 Å². The van der Waals surface area contributed by atoms with Gasteiger partial charge in [0.25, 0.3) is 0 Å². The third-order valence-corrected chi connectivity index (χ3v) is 58.5. The fourth-order valence-electron chi connectivity index (χ4n) is 20.7. The zero-order valence-corrected chi connectivity index (χ0v) is 63.3. The van der Waals surface area contributed by atoms with Crippen LogP contribution in [0.1, 0.15) is 234 Å². The van der Waals surface area contributed by atoms with Crippen molar-refractivity contribution >= 4 is 69.8 Å². The van der Waals surface area contributed by atoms with Crippen molar-refractivity contribution in [1.29, 1.82) is 0 Å². The van der Waals surface area contributed by atoms with Crippen LogP contribution in [0.15, 0.2) is 119 Å². The van der Waals surface area contributed by atoms with E-state index >= 15 is 0 Å². The average molecular weight is 1260 g/mol. The topological polar surface area (TPSA) is 37.9 Å². The Kier molecular flexibility index (Phi) is 14.3. The first-order chi connectivity index (χ1) is 40.0. The van der Waals surface area contributed by atoms with Crippen LogP contribution in [0.2, 0.25) is 26.2 Å². The summed E-state index contributed by atoms with van der Waals surface area (Å²) in [6.45, 7) is 61.4. The summed E-state index contributed by atoms with van der Waals surface area (Å²) in [5.74, 6) is 2.86. The van der Waals surface area contributed by atoms with Gasteiger partial charge in [0.2, 0.25) is 16.8 Å². The number of rotatable bonds is 8. The SMILES string of the molecule is CC(C)c1cccc(C(C)C)c1N1C2=C([C@@H]3CC[C@H]2C3)P2(=C(c3ccccc3)[Si]13O[Si]1(O3)C(c3ccccc3)=P3(C4=C([C@H]5CC[C@@H]4C5)N1c1c(C(C)C)cccc1C(C)C)N(C(C)(C)C)[Si](C)(C)N3C(C)(C)C)N(C(C)(C)C)[Si](C)(C)N2C(C)(C)C. The maximum absolute atomic E-state index is 10.0. The van der Waals surface area contributed by atoms with Gasteiger partial charge >= 0.3 is 17.4 Å². The highest BCUT2D eigenvalue weighted by atomic mass is 31.2. The van der Waals surface area contributed by atoms with Crippen molar-refractivity contribution in [2.75, 3.05) is 9.13 Å². The zero-order chi connectivity index (χ0) is 62.1. The van der Waals surface area contributed by atoms with Crippen molar-refractivity contribution in [2.24, 2.45) is 23.7 Å². The van der Waals surface area contributed by atoms with Gasteiger partial charge in [0.15, 0.2) is 0 Å². The summed E-state index contributed by atoms with van der Waals surface area (Å²) in [6.07, 6.45) is 7.33. The molecule has 4 aromatic rings. The molecule has 0 amide bonds. The maximum atomic E-state index is 10.0. The second kappa shape index (κ2) is 19.9. The van der Waals surface area contributed by atoms with Crippen molar-refractivity contribution in [3.05, 3.63) is 152 Å². The maximum Gasteiger partial charge on any atom is 0.488 e. The summed E-state index contributed by atoms with van der Waals surface area (Å²) >= 11 is 0. The van der Waals surface area contributed by atoms with E-state index in [1.807, 2.05) is 0 Å². The first-order valence-corrected chi connectivity index (χ1v) is 46.4. The lowest BCUT2D eigenvalue weighted by molar-refractivity contribution is 0.229. The number of allylic oxidation sites excluding steroid dienone is 4. The van der Waals surface area contributed by atoms with E-state index in [0.29, 0.717) is 23.7 Å². The molecule has 2 saturated carbocycles. The Labute approximate surface area is 526 Å². The van der Waals surface area contributed by atoms with Gasteiger partial charge in [-0.3, -0.25) is 17.3 Å². The molecule has 5 heterocycles. The van der Waals surface area contributed by atoms with Gasteiger partial charge in [-0.15, -0.1) is 0 Å². The third kappa shape index (κ3) is 8.02. The van der Waals surface area contributed by atoms with Gasteiger partial charge in [0.05, 0.1) is 0 Å². The first-order valence-electron chi connectivity index (χ1n) is 33.6. The highest BCUT2D eigenvalue weighted by Gasteiger charge is 2.86. The van der Waals surface area contributed by atoms with Crippen molar-refractivity contribution < 1.29 is 8.23 Å². The van der Waals surface area contributed by atoms with Crippen LogP contribution >= 0.6 is 14.4 Å². The largest absolute Gasteiger partial charge is 0.488 e. The van der Waals surface area contributed by atoms with Crippen LogP contribution < -0.4 is 9.13 Å². The number of hydrogen-bond acceptors (Lipinski definition) is 8. The van der Waals surface area contributed by atoms with E-state index in [9.17, 15) is 8.23 Å². The lowest BCUT2D eigenvalue weighted by atomic mass is 9.91. The molecule has 5 aliphatic heterocycles. The normalized spacial score (nSPS) is 27.3.